The van der Waals surface area contributed by atoms with E-state index in [0.29, 0.717) is 0 Å². The van der Waals surface area contributed by atoms with Gasteiger partial charge in [0.2, 0.25) is 5.91 Å². The molecule has 4 rings (SSSR count). The maximum absolute atomic E-state index is 13.1. The lowest BCUT2D eigenvalue weighted by molar-refractivity contribution is -0.126. The molecule has 1 spiro atoms. The molecule has 2 saturated heterocycles. The highest BCUT2D eigenvalue weighted by Crippen LogP contribution is 2.40. The predicted octanol–water partition coefficient (Wildman–Crippen LogP) is 3.75. The van der Waals surface area contributed by atoms with Crippen molar-refractivity contribution in [2.45, 2.75) is 45.1 Å². The van der Waals surface area contributed by atoms with Gasteiger partial charge < -0.3 is 4.90 Å². The van der Waals surface area contributed by atoms with Crippen LogP contribution in [-0.2, 0) is 11.3 Å². The third kappa shape index (κ3) is 3.64. The number of likely N-dealkylation sites (tertiary alicyclic amines) is 2. The van der Waals surface area contributed by atoms with Gasteiger partial charge in [0.15, 0.2) is 0 Å². The molecule has 2 fully saturated rings. The van der Waals surface area contributed by atoms with E-state index in [1.807, 2.05) is 12.1 Å². The Hall–Kier alpha value is -1.68. The van der Waals surface area contributed by atoms with Gasteiger partial charge in [-0.1, -0.05) is 18.2 Å². The van der Waals surface area contributed by atoms with Crippen LogP contribution in [0.4, 0.5) is 4.39 Å². The van der Waals surface area contributed by atoms with Gasteiger partial charge in [0.05, 0.1) is 0 Å². The number of amides is 1. The summed E-state index contributed by atoms with van der Waals surface area (Å²) in [6.45, 7) is 4.83. The van der Waals surface area contributed by atoms with Crippen molar-refractivity contribution in [1.29, 1.82) is 0 Å². The fourth-order valence-electron chi connectivity index (χ4n) is 4.80. The third-order valence-electron chi connectivity index (χ3n) is 6.10. The van der Waals surface area contributed by atoms with Crippen LogP contribution in [0.15, 0.2) is 35.9 Å². The average Bonchev–Trinajstić information content (AvgIpc) is 3.27. The van der Waals surface area contributed by atoms with Gasteiger partial charge in [-0.15, -0.1) is 0 Å². The maximum atomic E-state index is 13.1. The summed E-state index contributed by atoms with van der Waals surface area (Å²) in [7, 11) is 0. The summed E-state index contributed by atoms with van der Waals surface area (Å²) in [5.74, 6) is 0.107. The molecule has 1 amide bonds. The number of halogens is 1. The SMILES string of the molecule is O=C(C1=CCCC1)N1CC[C@]2(CCCN(Cc3ccc(F)cc3)C2)C1. The molecule has 1 aromatic rings. The molecule has 1 aromatic carbocycles. The van der Waals surface area contributed by atoms with Crippen LogP contribution in [0.3, 0.4) is 0 Å². The first-order valence-electron chi connectivity index (χ1n) is 9.59. The molecule has 2 heterocycles. The molecular weight excluding hydrogens is 315 g/mol. The minimum absolute atomic E-state index is 0.176. The fourth-order valence-corrected chi connectivity index (χ4v) is 4.80. The number of nitrogens with zero attached hydrogens (tertiary/aromatic N) is 2. The number of hydrogen-bond acceptors (Lipinski definition) is 2. The average molecular weight is 342 g/mol. The van der Waals surface area contributed by atoms with Gasteiger partial charge in [-0.3, -0.25) is 9.69 Å². The highest BCUT2D eigenvalue weighted by atomic mass is 19.1. The quantitative estimate of drug-likeness (QED) is 0.835. The zero-order valence-corrected chi connectivity index (χ0v) is 14.8. The first-order chi connectivity index (χ1) is 12.1. The summed E-state index contributed by atoms with van der Waals surface area (Å²) in [5.41, 5.74) is 2.46. The zero-order valence-electron chi connectivity index (χ0n) is 14.8. The van der Waals surface area contributed by atoms with E-state index in [1.165, 1.54) is 18.4 Å². The van der Waals surface area contributed by atoms with Crippen LogP contribution in [0.5, 0.6) is 0 Å². The smallest absolute Gasteiger partial charge is 0.249 e. The topological polar surface area (TPSA) is 23.6 Å². The van der Waals surface area contributed by atoms with Crippen molar-refractivity contribution in [1.82, 2.24) is 9.80 Å². The largest absolute Gasteiger partial charge is 0.338 e. The molecule has 1 atom stereocenters. The van der Waals surface area contributed by atoms with E-state index in [2.05, 4.69) is 15.9 Å². The minimum Gasteiger partial charge on any atom is -0.338 e. The van der Waals surface area contributed by atoms with E-state index in [-0.39, 0.29) is 17.1 Å². The Balaban J connectivity index is 1.39. The molecular formula is C21H27FN2O. The van der Waals surface area contributed by atoms with Gasteiger partial charge in [0.25, 0.3) is 0 Å². The summed E-state index contributed by atoms with van der Waals surface area (Å²) < 4.78 is 13.1. The number of rotatable bonds is 3. The Labute approximate surface area is 149 Å². The Bertz CT molecular complexity index is 669. The van der Waals surface area contributed by atoms with Gasteiger partial charge in [0.1, 0.15) is 5.82 Å². The number of allylic oxidation sites excluding steroid dienone is 1. The lowest BCUT2D eigenvalue weighted by Gasteiger charge is -2.40. The number of piperidine rings is 1. The van der Waals surface area contributed by atoms with Crippen molar-refractivity contribution in [2.24, 2.45) is 5.41 Å². The Kier molecular flexibility index (Phi) is 4.63. The predicted molar refractivity (Wildman–Crippen MR) is 96.5 cm³/mol. The second-order valence-electron chi connectivity index (χ2n) is 8.04. The molecule has 1 aliphatic carbocycles. The van der Waals surface area contributed by atoms with Crippen molar-refractivity contribution in [3.05, 3.63) is 47.3 Å². The van der Waals surface area contributed by atoms with Gasteiger partial charge in [-0.05, 0) is 62.8 Å². The second kappa shape index (κ2) is 6.91. The molecule has 0 aromatic heterocycles. The summed E-state index contributed by atoms with van der Waals surface area (Å²) in [6.07, 6.45) is 8.80. The highest BCUT2D eigenvalue weighted by molar-refractivity contribution is 5.94. The van der Waals surface area contributed by atoms with Crippen LogP contribution in [0.2, 0.25) is 0 Å². The number of carbonyl (C=O) groups is 1. The molecule has 25 heavy (non-hydrogen) atoms. The minimum atomic E-state index is -0.176. The molecule has 0 radical (unpaired) electrons. The van der Waals surface area contributed by atoms with Crippen LogP contribution in [0.1, 0.15) is 44.1 Å². The van der Waals surface area contributed by atoms with Crippen LogP contribution in [0.25, 0.3) is 0 Å². The van der Waals surface area contributed by atoms with Gasteiger partial charge >= 0.3 is 0 Å². The summed E-state index contributed by atoms with van der Waals surface area (Å²) in [4.78, 5) is 17.3. The van der Waals surface area contributed by atoms with E-state index in [9.17, 15) is 9.18 Å². The summed E-state index contributed by atoms with van der Waals surface area (Å²) in [6, 6.07) is 6.85. The third-order valence-corrected chi connectivity index (χ3v) is 6.10. The first-order valence-corrected chi connectivity index (χ1v) is 9.59. The monoisotopic (exact) mass is 342 g/mol. The van der Waals surface area contributed by atoms with Crippen molar-refractivity contribution in [2.75, 3.05) is 26.2 Å². The number of benzene rings is 1. The molecule has 4 heteroatoms. The van der Waals surface area contributed by atoms with Crippen LogP contribution in [0, 0.1) is 11.2 Å². The zero-order chi connectivity index (χ0) is 17.3. The number of carbonyl (C=O) groups excluding carboxylic acids is 1. The van der Waals surface area contributed by atoms with Crippen LogP contribution in [-0.4, -0.2) is 41.9 Å². The van der Waals surface area contributed by atoms with E-state index in [4.69, 9.17) is 0 Å². The fraction of sp³-hybridized carbons (Fsp3) is 0.571. The second-order valence-corrected chi connectivity index (χ2v) is 8.04. The van der Waals surface area contributed by atoms with Crippen molar-refractivity contribution >= 4 is 5.91 Å². The van der Waals surface area contributed by atoms with Crippen molar-refractivity contribution in [3.8, 4) is 0 Å². The van der Waals surface area contributed by atoms with Crippen LogP contribution >= 0.6 is 0 Å². The number of hydrogen-bond donors (Lipinski definition) is 0. The van der Waals surface area contributed by atoms with Gasteiger partial charge in [0, 0.05) is 37.2 Å². The van der Waals surface area contributed by atoms with E-state index in [1.54, 1.807) is 12.1 Å². The van der Waals surface area contributed by atoms with Crippen molar-refractivity contribution in [3.63, 3.8) is 0 Å². The summed E-state index contributed by atoms with van der Waals surface area (Å²) >= 11 is 0. The van der Waals surface area contributed by atoms with Gasteiger partial charge in [-0.2, -0.15) is 0 Å². The maximum Gasteiger partial charge on any atom is 0.249 e. The standard InChI is InChI=1S/C21H27FN2O/c22-19-8-6-17(7-9-19)14-23-12-3-10-21(15-23)11-13-24(16-21)20(25)18-4-1-2-5-18/h4,6-9H,1-3,5,10-16H2/t21-/m0/s1. The van der Waals surface area contributed by atoms with E-state index in [0.717, 1.165) is 64.0 Å². The Morgan fingerprint density at radius 3 is 2.68 bits per heavy atom. The highest BCUT2D eigenvalue weighted by Gasteiger charge is 2.43. The Morgan fingerprint density at radius 2 is 1.92 bits per heavy atom. The molecule has 0 N–H and O–H groups in total. The normalized spacial score (nSPS) is 27.1. The Morgan fingerprint density at radius 1 is 1.08 bits per heavy atom. The lowest BCUT2D eigenvalue weighted by Crippen LogP contribution is -2.45. The van der Waals surface area contributed by atoms with Crippen molar-refractivity contribution < 1.29 is 9.18 Å². The molecule has 0 unspecified atom stereocenters. The van der Waals surface area contributed by atoms with E-state index < -0.39 is 0 Å². The molecule has 2 aliphatic heterocycles. The molecule has 134 valence electrons. The molecule has 0 bridgehead atoms. The molecule has 3 nitrogen and oxygen atoms in total. The van der Waals surface area contributed by atoms with Gasteiger partial charge in [-0.25, -0.2) is 4.39 Å². The molecule has 3 aliphatic rings. The van der Waals surface area contributed by atoms with E-state index >= 15 is 0 Å². The summed E-state index contributed by atoms with van der Waals surface area (Å²) in [5, 5.41) is 0. The lowest BCUT2D eigenvalue weighted by atomic mass is 9.79. The first kappa shape index (κ1) is 16.8. The molecule has 0 saturated carbocycles. The van der Waals surface area contributed by atoms with Crippen LogP contribution < -0.4 is 0 Å².